The van der Waals surface area contributed by atoms with Crippen molar-refractivity contribution in [2.75, 3.05) is 13.2 Å². The van der Waals surface area contributed by atoms with Gasteiger partial charge in [-0.3, -0.25) is 4.79 Å². The highest BCUT2D eigenvalue weighted by molar-refractivity contribution is 5.84. The summed E-state index contributed by atoms with van der Waals surface area (Å²) < 4.78 is 6.44. The third kappa shape index (κ3) is 2.40. The molecule has 10 heavy (non-hydrogen) atoms. The molecule has 0 heterocycles. The van der Waals surface area contributed by atoms with Crippen molar-refractivity contribution in [3.63, 3.8) is 0 Å². The van der Waals surface area contributed by atoms with Crippen molar-refractivity contribution < 1.29 is 26.6 Å². The summed E-state index contributed by atoms with van der Waals surface area (Å²) in [7, 11) is 0. The normalized spacial score (nSPS) is 21.0. The lowest BCUT2D eigenvalue weighted by molar-refractivity contribution is -0.137. The lowest BCUT2D eigenvalue weighted by Gasteiger charge is -2.11. The molecule has 0 aliphatic rings. The van der Waals surface area contributed by atoms with Crippen molar-refractivity contribution in [3.8, 4) is 0 Å². The summed E-state index contributed by atoms with van der Waals surface area (Å²) in [5.41, 5.74) is 0. The molecule has 0 amide bonds. The Morgan fingerprint density at radius 3 is 2.30 bits per heavy atom. The Hall–Kier alpha value is -0.490. The molecule has 3 atom stereocenters. The van der Waals surface area contributed by atoms with Crippen molar-refractivity contribution in [1.82, 2.24) is 0 Å². The molecule has 0 rings (SSSR count). The van der Waals surface area contributed by atoms with Crippen molar-refractivity contribution >= 4 is 5.78 Å². The molecule has 0 aromatic rings. The second-order valence-corrected chi connectivity index (χ2v) is 1.73. The van der Waals surface area contributed by atoms with E-state index < -0.39 is 31.2 Å². The van der Waals surface area contributed by atoms with Crippen LogP contribution in [-0.2, 0) is 4.79 Å². The highest BCUT2D eigenvalue weighted by Crippen LogP contribution is 1.92. The minimum Gasteiger partial charge on any atom is -0.394 e. The summed E-state index contributed by atoms with van der Waals surface area (Å²) in [6, 6.07) is 0. The number of aliphatic hydroxyl groups is 4. The standard InChI is InChI=1S/C5H10O5/c6-1-3(8)5(10)4(9)2-7/h3,5-8,10H,1-2H2/t3-,5+/m1/s1/i2D/t2?,3-,5+. The van der Waals surface area contributed by atoms with Crippen LogP contribution in [0.15, 0.2) is 0 Å². The molecule has 4 N–H and O–H groups in total. The second kappa shape index (κ2) is 4.35. The van der Waals surface area contributed by atoms with Gasteiger partial charge in [-0.05, 0) is 0 Å². The van der Waals surface area contributed by atoms with Gasteiger partial charge in [0.1, 0.15) is 18.8 Å². The molecule has 0 aliphatic heterocycles. The summed E-state index contributed by atoms with van der Waals surface area (Å²) in [4.78, 5) is 10.5. The molecule has 0 aromatic carbocycles. The first-order valence-electron chi connectivity index (χ1n) is 3.19. The van der Waals surface area contributed by atoms with Crippen LogP contribution in [0.5, 0.6) is 0 Å². The molecular weight excluding hydrogens is 140 g/mol. The maximum atomic E-state index is 10.5. The van der Waals surface area contributed by atoms with Gasteiger partial charge >= 0.3 is 0 Å². The fourth-order valence-corrected chi connectivity index (χ4v) is 0.366. The van der Waals surface area contributed by atoms with E-state index in [1.54, 1.807) is 0 Å². The number of rotatable bonds is 4. The van der Waals surface area contributed by atoms with E-state index >= 15 is 0 Å². The number of carbonyl (C=O) groups excluding carboxylic acids is 1. The van der Waals surface area contributed by atoms with E-state index in [0.29, 0.717) is 0 Å². The Kier molecular flexibility index (Phi) is 3.31. The molecule has 0 saturated carbocycles. The van der Waals surface area contributed by atoms with E-state index in [4.69, 9.17) is 21.8 Å². The van der Waals surface area contributed by atoms with Crippen LogP contribution in [-0.4, -0.2) is 51.6 Å². The van der Waals surface area contributed by atoms with Gasteiger partial charge in [0.25, 0.3) is 0 Å². The van der Waals surface area contributed by atoms with Crippen LogP contribution < -0.4 is 0 Å². The van der Waals surface area contributed by atoms with Gasteiger partial charge in [0.2, 0.25) is 0 Å². The van der Waals surface area contributed by atoms with E-state index in [2.05, 4.69) is 0 Å². The van der Waals surface area contributed by atoms with Crippen LogP contribution >= 0.6 is 0 Å². The van der Waals surface area contributed by atoms with Crippen molar-refractivity contribution in [2.45, 2.75) is 12.2 Å². The number of carbonyl (C=O) groups is 1. The van der Waals surface area contributed by atoms with Gasteiger partial charge in [-0.1, -0.05) is 0 Å². The van der Waals surface area contributed by atoms with Crippen LogP contribution in [0, 0.1) is 0 Å². The smallest absolute Gasteiger partial charge is 0.189 e. The third-order valence-corrected chi connectivity index (χ3v) is 0.970. The molecule has 5 heteroatoms. The molecular formula is C5H10O5. The van der Waals surface area contributed by atoms with Crippen molar-refractivity contribution in [3.05, 3.63) is 0 Å². The molecule has 0 spiro atoms. The lowest BCUT2D eigenvalue weighted by atomic mass is 10.1. The van der Waals surface area contributed by atoms with E-state index in [0.717, 1.165) is 0 Å². The van der Waals surface area contributed by atoms with E-state index in [1.807, 2.05) is 0 Å². The van der Waals surface area contributed by atoms with Crippen LogP contribution in [0.1, 0.15) is 1.37 Å². The minimum atomic E-state index is -2.08. The van der Waals surface area contributed by atoms with Gasteiger partial charge < -0.3 is 20.4 Å². The minimum absolute atomic E-state index is 0.792. The summed E-state index contributed by atoms with van der Waals surface area (Å²) in [6.45, 7) is -2.87. The first-order valence-corrected chi connectivity index (χ1v) is 2.61. The first-order chi connectivity index (χ1) is 5.00. The highest BCUT2D eigenvalue weighted by atomic mass is 16.4. The lowest BCUT2D eigenvalue weighted by Crippen LogP contribution is -2.37. The maximum absolute atomic E-state index is 10.5. The number of ketones is 1. The molecule has 0 saturated heterocycles. The molecule has 0 radical (unpaired) electrons. The SMILES string of the molecule is [2H]C(O)C(=O)[C@@H](O)[C@H](O)CO. The van der Waals surface area contributed by atoms with Gasteiger partial charge in [-0.2, -0.15) is 0 Å². The average Bonchev–Trinajstić information content (AvgIpc) is 2.00. The summed E-state index contributed by atoms with van der Waals surface area (Å²) in [5.74, 6) is -1.23. The number of hydrogen-bond acceptors (Lipinski definition) is 5. The second-order valence-electron chi connectivity index (χ2n) is 1.73. The predicted molar refractivity (Wildman–Crippen MR) is 31.2 cm³/mol. The Labute approximate surface area is 58.9 Å². The molecule has 1 unspecified atom stereocenters. The third-order valence-electron chi connectivity index (χ3n) is 0.970. The fourth-order valence-electron chi connectivity index (χ4n) is 0.366. The predicted octanol–water partition coefficient (Wildman–Crippen LogP) is -2.74. The fraction of sp³-hybridized carbons (Fsp3) is 0.800. The maximum Gasteiger partial charge on any atom is 0.189 e. The van der Waals surface area contributed by atoms with Crippen LogP contribution in [0.3, 0.4) is 0 Å². The van der Waals surface area contributed by atoms with Crippen LogP contribution in [0.4, 0.5) is 0 Å². The van der Waals surface area contributed by atoms with Crippen molar-refractivity contribution in [1.29, 1.82) is 0 Å². The molecule has 5 nitrogen and oxygen atoms in total. The zero-order chi connectivity index (χ0) is 9.02. The molecule has 0 bridgehead atoms. The summed E-state index contributed by atoms with van der Waals surface area (Å²) >= 11 is 0. The van der Waals surface area contributed by atoms with Crippen molar-refractivity contribution in [2.24, 2.45) is 0 Å². The Bertz CT molecular complexity index is 137. The first kappa shape index (κ1) is 7.62. The monoisotopic (exact) mass is 151 g/mol. The van der Waals surface area contributed by atoms with Gasteiger partial charge in [-0.15, -0.1) is 0 Å². The summed E-state index contributed by atoms with van der Waals surface area (Å²) in [6.07, 6.45) is -3.53. The largest absolute Gasteiger partial charge is 0.394 e. The van der Waals surface area contributed by atoms with Gasteiger partial charge in [0.15, 0.2) is 5.78 Å². The molecule has 0 aliphatic carbocycles. The van der Waals surface area contributed by atoms with Crippen LogP contribution in [0.25, 0.3) is 0 Å². The Morgan fingerprint density at radius 2 is 2.00 bits per heavy atom. The topological polar surface area (TPSA) is 98.0 Å². The Balaban J connectivity index is 4.02. The van der Waals surface area contributed by atoms with E-state index in [1.165, 1.54) is 0 Å². The zero-order valence-electron chi connectivity index (χ0n) is 6.14. The molecule has 0 fully saturated rings. The van der Waals surface area contributed by atoms with Crippen LogP contribution in [0.2, 0.25) is 0 Å². The van der Waals surface area contributed by atoms with Gasteiger partial charge in [-0.25, -0.2) is 0 Å². The Morgan fingerprint density at radius 1 is 1.50 bits per heavy atom. The highest BCUT2D eigenvalue weighted by Gasteiger charge is 2.21. The van der Waals surface area contributed by atoms with Gasteiger partial charge in [0.05, 0.1) is 7.98 Å². The zero-order valence-corrected chi connectivity index (χ0v) is 5.14. The van der Waals surface area contributed by atoms with Gasteiger partial charge in [0, 0.05) is 0 Å². The number of aliphatic hydroxyl groups excluding tert-OH is 4. The molecule has 0 aromatic heterocycles. The van der Waals surface area contributed by atoms with E-state index in [9.17, 15) is 4.79 Å². The average molecular weight is 151 g/mol. The number of Topliss-reactive ketones (excluding diaryl/α,β-unsaturated/α-hetero) is 1. The molecule has 60 valence electrons. The number of hydrogen-bond donors (Lipinski definition) is 4. The van der Waals surface area contributed by atoms with E-state index in [-0.39, 0.29) is 0 Å². The quantitative estimate of drug-likeness (QED) is 0.349. The summed E-state index contributed by atoms with van der Waals surface area (Å²) in [5, 5.41) is 33.9.